The highest BCUT2D eigenvalue weighted by molar-refractivity contribution is 5.84. The molecule has 2 aromatic heterocycles. The van der Waals surface area contributed by atoms with Gasteiger partial charge in [0.15, 0.2) is 11.6 Å². The highest BCUT2D eigenvalue weighted by Gasteiger charge is 2.17. The first-order valence-electron chi connectivity index (χ1n) is 5.82. The van der Waals surface area contributed by atoms with Gasteiger partial charge in [0.25, 0.3) is 0 Å². The molecule has 3 nitrogen and oxygen atoms in total. The second-order valence-corrected chi connectivity index (χ2v) is 4.12. The number of rotatable bonds is 3. The number of nitrogens with one attached hydrogen (secondary N) is 1. The molecule has 0 bridgehead atoms. The molecule has 0 aliphatic rings. The fourth-order valence-electron chi connectivity index (χ4n) is 2.03. The summed E-state index contributed by atoms with van der Waals surface area (Å²) in [6.07, 6.45) is 1.60. The number of hydrogen-bond acceptors (Lipinski definition) is 2. The van der Waals surface area contributed by atoms with E-state index in [1.165, 1.54) is 12.1 Å². The Hall–Kier alpha value is -2.50. The van der Waals surface area contributed by atoms with Gasteiger partial charge in [-0.1, -0.05) is 6.07 Å². The third kappa shape index (κ3) is 2.20. The number of alkyl halides is 2. The normalized spacial score (nSPS) is 11.2. The van der Waals surface area contributed by atoms with Crippen molar-refractivity contribution in [2.75, 3.05) is 0 Å². The monoisotopic (exact) mass is 278 g/mol. The predicted octanol–water partition coefficient (Wildman–Crippen LogP) is 3.97. The van der Waals surface area contributed by atoms with Gasteiger partial charge in [0.05, 0.1) is 5.69 Å². The van der Waals surface area contributed by atoms with Gasteiger partial charge in [-0.05, 0) is 30.3 Å². The van der Waals surface area contributed by atoms with Crippen molar-refractivity contribution in [1.29, 1.82) is 0 Å². The molecule has 0 aliphatic heterocycles. The van der Waals surface area contributed by atoms with Crippen molar-refractivity contribution in [1.82, 2.24) is 9.97 Å². The minimum atomic E-state index is -3.09. The lowest BCUT2D eigenvalue weighted by molar-refractivity contribution is -0.0517. The first-order chi connectivity index (χ1) is 9.65. The maximum atomic E-state index is 13.7. The van der Waals surface area contributed by atoms with Crippen LogP contribution in [-0.4, -0.2) is 16.6 Å². The molecule has 0 radical (unpaired) electrons. The van der Waals surface area contributed by atoms with E-state index in [0.29, 0.717) is 11.3 Å². The van der Waals surface area contributed by atoms with Crippen LogP contribution in [0.4, 0.5) is 13.2 Å². The summed E-state index contributed by atoms with van der Waals surface area (Å²) in [7, 11) is 0. The van der Waals surface area contributed by atoms with Gasteiger partial charge in [-0.3, -0.25) is 0 Å². The maximum absolute atomic E-state index is 13.7. The molecule has 0 aliphatic carbocycles. The van der Waals surface area contributed by atoms with Crippen molar-refractivity contribution in [3.8, 4) is 17.0 Å². The van der Waals surface area contributed by atoms with Crippen LogP contribution in [0, 0.1) is 5.82 Å². The van der Waals surface area contributed by atoms with Crippen LogP contribution in [0.25, 0.3) is 22.3 Å². The summed E-state index contributed by atoms with van der Waals surface area (Å²) < 4.78 is 42.7. The zero-order valence-electron chi connectivity index (χ0n) is 10.1. The summed E-state index contributed by atoms with van der Waals surface area (Å²) >= 11 is 0. The van der Waals surface area contributed by atoms with Crippen molar-refractivity contribution in [2.24, 2.45) is 0 Å². The molecule has 102 valence electrons. The Kier molecular flexibility index (Phi) is 3.06. The summed E-state index contributed by atoms with van der Waals surface area (Å²) in [4.78, 5) is 7.05. The highest BCUT2D eigenvalue weighted by Crippen LogP contribution is 2.34. The molecule has 1 aromatic carbocycles. The van der Waals surface area contributed by atoms with Crippen molar-refractivity contribution in [2.45, 2.75) is 6.61 Å². The van der Waals surface area contributed by atoms with Gasteiger partial charge in [-0.25, -0.2) is 9.37 Å². The van der Waals surface area contributed by atoms with Gasteiger partial charge < -0.3 is 9.72 Å². The van der Waals surface area contributed by atoms with Crippen LogP contribution in [0.1, 0.15) is 0 Å². The summed E-state index contributed by atoms with van der Waals surface area (Å²) in [5.74, 6) is -1.32. The van der Waals surface area contributed by atoms with Crippen LogP contribution >= 0.6 is 0 Å². The summed E-state index contributed by atoms with van der Waals surface area (Å²) in [5.41, 5.74) is 1.28. The zero-order chi connectivity index (χ0) is 14.1. The average Bonchev–Trinajstić information content (AvgIpc) is 2.84. The van der Waals surface area contributed by atoms with Gasteiger partial charge in [-0.2, -0.15) is 8.78 Å². The number of para-hydroxylation sites is 1. The van der Waals surface area contributed by atoms with E-state index in [9.17, 15) is 13.2 Å². The third-order valence-electron chi connectivity index (χ3n) is 2.86. The number of hydrogen-bond donors (Lipinski definition) is 1. The Morgan fingerprint density at radius 3 is 2.75 bits per heavy atom. The Morgan fingerprint density at radius 2 is 2.00 bits per heavy atom. The Labute approximate surface area is 112 Å². The molecule has 0 fully saturated rings. The minimum absolute atomic E-state index is 0.225. The minimum Gasteiger partial charge on any atom is -0.431 e. The van der Waals surface area contributed by atoms with Crippen LogP contribution in [0.5, 0.6) is 5.75 Å². The molecule has 3 rings (SSSR count). The van der Waals surface area contributed by atoms with Crippen LogP contribution in [-0.2, 0) is 0 Å². The average molecular weight is 278 g/mol. The number of ether oxygens (including phenoxy) is 1. The quantitative estimate of drug-likeness (QED) is 0.787. The third-order valence-corrected chi connectivity index (χ3v) is 2.86. The lowest BCUT2D eigenvalue weighted by Crippen LogP contribution is -2.05. The lowest BCUT2D eigenvalue weighted by atomic mass is 10.1. The first kappa shape index (κ1) is 12.5. The molecule has 3 aromatic rings. The molecule has 20 heavy (non-hydrogen) atoms. The van der Waals surface area contributed by atoms with E-state index in [0.717, 1.165) is 11.5 Å². The van der Waals surface area contributed by atoms with E-state index >= 15 is 0 Å². The summed E-state index contributed by atoms with van der Waals surface area (Å²) in [5, 5.41) is 0.801. The van der Waals surface area contributed by atoms with Gasteiger partial charge in [0, 0.05) is 17.1 Å². The Bertz CT molecular complexity index is 722. The summed E-state index contributed by atoms with van der Waals surface area (Å²) in [6, 6.07) is 9.28. The fraction of sp³-hybridized carbons (Fsp3) is 0.0714. The van der Waals surface area contributed by atoms with Crippen LogP contribution in [0.2, 0.25) is 0 Å². The molecule has 0 amide bonds. The molecule has 6 heteroatoms. The molecule has 0 saturated carbocycles. The molecule has 0 atom stereocenters. The predicted molar refractivity (Wildman–Crippen MR) is 68.1 cm³/mol. The first-order valence-corrected chi connectivity index (χ1v) is 5.82. The second-order valence-electron chi connectivity index (χ2n) is 4.12. The largest absolute Gasteiger partial charge is 0.431 e. The van der Waals surface area contributed by atoms with E-state index < -0.39 is 18.2 Å². The number of aromatic nitrogens is 2. The van der Waals surface area contributed by atoms with Crippen LogP contribution in [0.15, 0.2) is 42.6 Å². The van der Waals surface area contributed by atoms with Gasteiger partial charge in [0.2, 0.25) is 0 Å². The molecule has 2 heterocycles. The second kappa shape index (κ2) is 4.88. The number of nitrogens with zero attached hydrogens (tertiary/aromatic N) is 1. The number of aromatic amines is 1. The van der Waals surface area contributed by atoms with E-state index in [1.54, 1.807) is 18.3 Å². The van der Waals surface area contributed by atoms with E-state index in [4.69, 9.17) is 0 Å². The number of fused-ring (bicyclic) bond motifs is 1. The van der Waals surface area contributed by atoms with Crippen molar-refractivity contribution in [3.63, 3.8) is 0 Å². The standard InChI is InChI=1S/C14H9F3N2O/c15-10-5-1-4-9(12(10)20-14(16)17)11-7-8-3-2-6-18-13(8)19-11/h1-7,14H,(H,18,19). The van der Waals surface area contributed by atoms with Crippen LogP contribution in [0.3, 0.4) is 0 Å². The zero-order valence-corrected chi connectivity index (χ0v) is 10.1. The molecular weight excluding hydrogens is 269 g/mol. The molecule has 0 saturated heterocycles. The van der Waals surface area contributed by atoms with Crippen LogP contribution < -0.4 is 4.74 Å². The van der Waals surface area contributed by atoms with E-state index in [-0.39, 0.29) is 5.56 Å². The highest BCUT2D eigenvalue weighted by atomic mass is 19.3. The van der Waals surface area contributed by atoms with Gasteiger partial charge >= 0.3 is 6.61 Å². The number of benzene rings is 1. The molecule has 0 spiro atoms. The van der Waals surface area contributed by atoms with Crippen molar-refractivity contribution < 1.29 is 17.9 Å². The maximum Gasteiger partial charge on any atom is 0.387 e. The number of H-pyrrole nitrogens is 1. The lowest BCUT2D eigenvalue weighted by Gasteiger charge is -2.10. The van der Waals surface area contributed by atoms with Gasteiger partial charge in [0.1, 0.15) is 5.65 Å². The Morgan fingerprint density at radius 1 is 1.15 bits per heavy atom. The molecule has 1 N–H and O–H groups in total. The number of halogens is 3. The van der Waals surface area contributed by atoms with Crippen molar-refractivity contribution in [3.05, 3.63) is 48.4 Å². The van der Waals surface area contributed by atoms with E-state index in [1.807, 2.05) is 6.07 Å². The smallest absolute Gasteiger partial charge is 0.387 e. The summed E-state index contributed by atoms with van der Waals surface area (Å²) in [6.45, 7) is -3.09. The van der Waals surface area contributed by atoms with E-state index in [2.05, 4.69) is 14.7 Å². The van der Waals surface area contributed by atoms with Crippen molar-refractivity contribution >= 4 is 11.0 Å². The number of pyridine rings is 1. The van der Waals surface area contributed by atoms with Gasteiger partial charge in [-0.15, -0.1) is 0 Å². The molecule has 0 unspecified atom stereocenters. The Balaban J connectivity index is 2.15. The SMILES string of the molecule is Fc1cccc(-c2cc3cccnc3[nH]2)c1OC(F)F. The topological polar surface area (TPSA) is 37.9 Å². The fourth-order valence-corrected chi connectivity index (χ4v) is 2.03. The molecular formula is C14H9F3N2O.